The topological polar surface area (TPSA) is 94.1 Å². The van der Waals surface area contributed by atoms with E-state index < -0.39 is 4.92 Å². The average molecular weight is 358 g/mol. The Kier molecular flexibility index (Phi) is 4.10. The molecule has 0 fully saturated rings. The largest absolute Gasteiger partial charge is 0.378 e. The number of nitro groups is 1. The molecule has 0 saturated carbocycles. The molecular weight excluding hydrogens is 348 g/mol. The van der Waals surface area contributed by atoms with Crippen molar-refractivity contribution in [3.8, 4) is 0 Å². The molecule has 2 aromatic rings. The fraction of sp³-hybridized carbons (Fsp3) is 0.0833. The van der Waals surface area contributed by atoms with Gasteiger partial charge in [0, 0.05) is 15.6 Å². The number of hydrogen-bond donors (Lipinski definition) is 2. The molecule has 0 aliphatic carbocycles. The summed E-state index contributed by atoms with van der Waals surface area (Å²) in [6.45, 7) is 1.89. The molecule has 0 saturated heterocycles. The monoisotopic (exact) mass is 356 g/mol. The number of halogens is 2. The summed E-state index contributed by atoms with van der Waals surface area (Å²) >= 11 is 9.46. The first-order chi connectivity index (χ1) is 9.38. The summed E-state index contributed by atoms with van der Waals surface area (Å²) in [6.07, 6.45) is 0. The second-order valence-corrected chi connectivity index (χ2v) is 5.33. The number of nitrogens with one attached hydrogen (secondary N) is 1. The molecule has 0 aliphatic rings. The third kappa shape index (κ3) is 3.00. The maximum Gasteiger partial charge on any atom is 0.311 e. The average Bonchev–Trinajstić information content (AvgIpc) is 2.35. The molecule has 0 bridgehead atoms. The Hall–Kier alpha value is -1.86. The quantitative estimate of drug-likeness (QED) is 0.638. The maximum atomic E-state index is 10.7. The van der Waals surface area contributed by atoms with Crippen molar-refractivity contribution in [2.45, 2.75) is 6.92 Å². The SMILES string of the molecule is Cc1cc(Br)c(Nc2ccc([N+](=O)[O-])c(N)n2)cc1Cl. The molecule has 20 heavy (non-hydrogen) atoms. The van der Waals surface area contributed by atoms with E-state index in [0.717, 1.165) is 10.0 Å². The number of aryl methyl sites for hydroxylation is 1. The van der Waals surface area contributed by atoms with Gasteiger partial charge in [0.2, 0.25) is 5.82 Å². The van der Waals surface area contributed by atoms with E-state index >= 15 is 0 Å². The molecule has 0 radical (unpaired) electrons. The van der Waals surface area contributed by atoms with Gasteiger partial charge in [0.15, 0.2) is 0 Å². The summed E-state index contributed by atoms with van der Waals surface area (Å²) in [4.78, 5) is 14.0. The second kappa shape index (κ2) is 5.64. The van der Waals surface area contributed by atoms with Crippen LogP contribution in [0.4, 0.5) is 23.0 Å². The standard InChI is InChI=1S/C12H10BrClN4O2/c1-6-4-7(13)9(5-8(6)14)16-11-3-2-10(18(19)20)12(15)17-11/h2-5H,1H3,(H3,15,16,17). The molecular formula is C12H10BrClN4O2. The highest BCUT2D eigenvalue weighted by molar-refractivity contribution is 9.10. The zero-order valence-electron chi connectivity index (χ0n) is 10.4. The third-order valence-corrected chi connectivity index (χ3v) is 3.67. The second-order valence-electron chi connectivity index (χ2n) is 4.06. The van der Waals surface area contributed by atoms with Gasteiger partial charge in [0.25, 0.3) is 0 Å². The lowest BCUT2D eigenvalue weighted by Gasteiger charge is -2.10. The summed E-state index contributed by atoms with van der Waals surface area (Å²) in [5, 5.41) is 14.3. The van der Waals surface area contributed by atoms with Gasteiger partial charge in [0.1, 0.15) is 5.82 Å². The van der Waals surface area contributed by atoms with Crippen molar-refractivity contribution in [2.75, 3.05) is 11.1 Å². The van der Waals surface area contributed by atoms with E-state index in [1.807, 2.05) is 13.0 Å². The normalized spacial score (nSPS) is 10.3. The number of anilines is 3. The molecule has 0 spiro atoms. The fourth-order valence-corrected chi connectivity index (χ4v) is 2.29. The van der Waals surface area contributed by atoms with Crippen LogP contribution in [-0.4, -0.2) is 9.91 Å². The predicted molar refractivity (Wildman–Crippen MR) is 82.5 cm³/mol. The van der Waals surface area contributed by atoms with Crippen LogP contribution < -0.4 is 11.1 Å². The number of nitrogens with zero attached hydrogens (tertiary/aromatic N) is 2. The Bertz CT molecular complexity index is 693. The maximum absolute atomic E-state index is 10.7. The Labute approximate surface area is 128 Å². The van der Waals surface area contributed by atoms with Crippen LogP contribution >= 0.6 is 27.5 Å². The Morgan fingerprint density at radius 2 is 2.15 bits per heavy atom. The van der Waals surface area contributed by atoms with Crippen LogP contribution in [-0.2, 0) is 0 Å². The van der Waals surface area contributed by atoms with E-state index in [1.54, 1.807) is 6.07 Å². The van der Waals surface area contributed by atoms with Crippen LogP contribution in [0.3, 0.4) is 0 Å². The van der Waals surface area contributed by atoms with Crippen LogP contribution in [0.25, 0.3) is 0 Å². The first kappa shape index (κ1) is 14.5. The lowest BCUT2D eigenvalue weighted by atomic mass is 10.2. The van der Waals surface area contributed by atoms with Crippen molar-refractivity contribution in [2.24, 2.45) is 0 Å². The summed E-state index contributed by atoms with van der Waals surface area (Å²) < 4.78 is 0.804. The Morgan fingerprint density at radius 3 is 2.75 bits per heavy atom. The highest BCUT2D eigenvalue weighted by Crippen LogP contribution is 2.31. The molecule has 3 N–H and O–H groups in total. The lowest BCUT2D eigenvalue weighted by Crippen LogP contribution is -2.02. The first-order valence-electron chi connectivity index (χ1n) is 5.52. The van der Waals surface area contributed by atoms with Crippen LogP contribution in [0.1, 0.15) is 5.56 Å². The smallest absolute Gasteiger partial charge is 0.311 e. The van der Waals surface area contributed by atoms with Crippen LogP contribution in [0, 0.1) is 17.0 Å². The van der Waals surface area contributed by atoms with Crippen LogP contribution in [0.5, 0.6) is 0 Å². The van der Waals surface area contributed by atoms with E-state index in [4.69, 9.17) is 17.3 Å². The molecule has 0 atom stereocenters. The van der Waals surface area contributed by atoms with Gasteiger partial charge in [-0.05, 0) is 46.6 Å². The summed E-state index contributed by atoms with van der Waals surface area (Å²) in [5.74, 6) is 0.253. The number of rotatable bonds is 3. The van der Waals surface area contributed by atoms with Gasteiger partial charge >= 0.3 is 5.69 Å². The molecule has 0 unspecified atom stereocenters. The van der Waals surface area contributed by atoms with E-state index in [1.165, 1.54) is 12.1 Å². The summed E-state index contributed by atoms with van der Waals surface area (Å²) in [5.41, 5.74) is 6.94. The number of aromatic nitrogens is 1. The van der Waals surface area contributed by atoms with Crippen molar-refractivity contribution >= 4 is 50.5 Å². The number of pyridine rings is 1. The number of hydrogen-bond acceptors (Lipinski definition) is 5. The minimum absolute atomic E-state index is 0.144. The van der Waals surface area contributed by atoms with Crippen molar-refractivity contribution in [3.05, 3.63) is 49.4 Å². The van der Waals surface area contributed by atoms with Crippen molar-refractivity contribution < 1.29 is 4.92 Å². The molecule has 1 aromatic carbocycles. The highest BCUT2D eigenvalue weighted by atomic mass is 79.9. The third-order valence-electron chi connectivity index (χ3n) is 2.61. The molecule has 6 nitrogen and oxygen atoms in total. The van der Waals surface area contributed by atoms with E-state index in [9.17, 15) is 10.1 Å². The van der Waals surface area contributed by atoms with Crippen molar-refractivity contribution in [1.29, 1.82) is 0 Å². The van der Waals surface area contributed by atoms with Gasteiger partial charge < -0.3 is 11.1 Å². The predicted octanol–water partition coefficient (Wildman–Crippen LogP) is 4.04. The van der Waals surface area contributed by atoms with E-state index in [0.29, 0.717) is 16.5 Å². The molecule has 2 rings (SSSR count). The van der Waals surface area contributed by atoms with Crippen LogP contribution in [0.2, 0.25) is 5.02 Å². The van der Waals surface area contributed by atoms with Gasteiger partial charge in [-0.3, -0.25) is 10.1 Å². The first-order valence-corrected chi connectivity index (χ1v) is 6.69. The van der Waals surface area contributed by atoms with E-state index in [-0.39, 0.29) is 11.5 Å². The Morgan fingerprint density at radius 1 is 1.45 bits per heavy atom. The molecule has 104 valence electrons. The van der Waals surface area contributed by atoms with Gasteiger partial charge in [-0.25, -0.2) is 4.98 Å². The van der Waals surface area contributed by atoms with Gasteiger partial charge in [-0.1, -0.05) is 11.6 Å². The molecule has 0 aliphatic heterocycles. The lowest BCUT2D eigenvalue weighted by molar-refractivity contribution is -0.384. The Balaban J connectivity index is 2.33. The minimum atomic E-state index is -0.579. The molecule has 0 amide bonds. The zero-order valence-corrected chi connectivity index (χ0v) is 12.7. The molecule has 1 aromatic heterocycles. The van der Waals surface area contributed by atoms with E-state index in [2.05, 4.69) is 26.2 Å². The van der Waals surface area contributed by atoms with Gasteiger partial charge in [-0.15, -0.1) is 0 Å². The minimum Gasteiger partial charge on any atom is -0.378 e. The zero-order chi connectivity index (χ0) is 14.9. The fourth-order valence-electron chi connectivity index (χ4n) is 1.57. The molecule has 8 heteroatoms. The molecule has 1 heterocycles. The summed E-state index contributed by atoms with van der Waals surface area (Å²) in [7, 11) is 0. The van der Waals surface area contributed by atoms with Crippen LogP contribution in [0.15, 0.2) is 28.7 Å². The highest BCUT2D eigenvalue weighted by Gasteiger charge is 2.13. The van der Waals surface area contributed by atoms with Gasteiger partial charge in [0.05, 0.1) is 10.6 Å². The number of nitrogen functional groups attached to an aromatic ring is 1. The number of benzene rings is 1. The van der Waals surface area contributed by atoms with Gasteiger partial charge in [-0.2, -0.15) is 0 Å². The van der Waals surface area contributed by atoms with Crippen molar-refractivity contribution in [3.63, 3.8) is 0 Å². The number of nitrogens with two attached hydrogens (primary N) is 1. The summed E-state index contributed by atoms with van der Waals surface area (Å²) in [6, 6.07) is 6.38. The van der Waals surface area contributed by atoms with Crippen molar-refractivity contribution in [1.82, 2.24) is 4.98 Å².